The molecule has 4 rings (SSSR count). The van der Waals surface area contributed by atoms with E-state index in [-0.39, 0.29) is 17.6 Å². The van der Waals surface area contributed by atoms with Crippen LogP contribution in [-0.4, -0.2) is 65.7 Å². The van der Waals surface area contributed by atoms with Crippen LogP contribution in [0.3, 0.4) is 0 Å². The molecule has 10 nitrogen and oxygen atoms in total. The second kappa shape index (κ2) is 11.2. The van der Waals surface area contributed by atoms with Gasteiger partial charge < -0.3 is 25.0 Å². The maximum absolute atomic E-state index is 12.8. The molecule has 0 aliphatic carbocycles. The van der Waals surface area contributed by atoms with E-state index in [2.05, 4.69) is 31.8 Å². The minimum Gasteiger partial charge on any atom is -0.495 e. The quantitative estimate of drug-likeness (QED) is 0.458. The lowest BCUT2D eigenvalue weighted by molar-refractivity contribution is -0.114. The molecule has 2 amide bonds. The average Bonchev–Trinajstić information content (AvgIpc) is 3.27. The number of carbonyl (C=O) groups excluding carboxylic acids is 2. The highest BCUT2D eigenvalue weighted by molar-refractivity contribution is 7.99. The smallest absolute Gasteiger partial charge is 0.234 e. The monoisotopic (exact) mass is 496 g/mol. The molecular weight excluding hydrogens is 468 g/mol. The Morgan fingerprint density at radius 1 is 1.11 bits per heavy atom. The van der Waals surface area contributed by atoms with Gasteiger partial charge in [0.15, 0.2) is 5.16 Å². The predicted octanol–water partition coefficient (Wildman–Crippen LogP) is 3.11. The summed E-state index contributed by atoms with van der Waals surface area (Å²) >= 11 is 1.30. The van der Waals surface area contributed by atoms with Gasteiger partial charge in [-0.1, -0.05) is 23.9 Å². The van der Waals surface area contributed by atoms with E-state index in [1.54, 1.807) is 18.2 Å². The molecule has 2 N–H and O–H groups in total. The van der Waals surface area contributed by atoms with Crippen molar-refractivity contribution in [3.63, 3.8) is 0 Å². The Kier molecular flexibility index (Phi) is 7.88. The fraction of sp³-hybridized carbons (Fsp3) is 0.333. The van der Waals surface area contributed by atoms with Gasteiger partial charge in [0.25, 0.3) is 0 Å². The largest absolute Gasteiger partial charge is 0.495 e. The van der Waals surface area contributed by atoms with Gasteiger partial charge in [-0.05, 0) is 42.8 Å². The number of ether oxygens (including phenoxy) is 2. The molecule has 35 heavy (non-hydrogen) atoms. The highest BCUT2D eigenvalue weighted by Gasteiger charge is 2.22. The van der Waals surface area contributed by atoms with Crippen molar-refractivity contribution in [2.24, 2.45) is 0 Å². The van der Waals surface area contributed by atoms with Crippen molar-refractivity contribution in [1.82, 2.24) is 14.8 Å². The van der Waals surface area contributed by atoms with Crippen molar-refractivity contribution in [3.05, 3.63) is 48.0 Å². The number of anilines is 3. The number of aryl methyl sites for hydroxylation is 1. The topological polar surface area (TPSA) is 111 Å². The Labute approximate surface area is 208 Å². The third-order valence-electron chi connectivity index (χ3n) is 5.30. The summed E-state index contributed by atoms with van der Waals surface area (Å²) < 4.78 is 12.8. The van der Waals surface area contributed by atoms with Crippen LogP contribution in [0.1, 0.15) is 12.5 Å². The first-order valence-electron chi connectivity index (χ1n) is 11.2. The lowest BCUT2D eigenvalue weighted by Gasteiger charge is -2.28. The summed E-state index contributed by atoms with van der Waals surface area (Å²) in [7, 11) is 1.52. The molecule has 0 atom stereocenters. The molecule has 0 spiro atoms. The minimum atomic E-state index is -0.236. The molecule has 3 aromatic rings. The Bertz CT molecular complexity index is 1210. The van der Waals surface area contributed by atoms with Crippen molar-refractivity contribution in [3.8, 4) is 11.4 Å². The second-order valence-electron chi connectivity index (χ2n) is 7.99. The van der Waals surface area contributed by atoms with Crippen LogP contribution in [-0.2, 0) is 14.3 Å². The molecule has 0 bridgehead atoms. The molecule has 11 heteroatoms. The van der Waals surface area contributed by atoms with E-state index in [1.165, 1.54) is 25.8 Å². The average molecular weight is 497 g/mol. The van der Waals surface area contributed by atoms with Crippen LogP contribution in [0.15, 0.2) is 47.6 Å². The molecule has 2 aromatic carbocycles. The van der Waals surface area contributed by atoms with Crippen LogP contribution >= 0.6 is 11.8 Å². The molecule has 1 aliphatic rings. The number of carbonyl (C=O) groups is 2. The maximum Gasteiger partial charge on any atom is 0.234 e. The first-order chi connectivity index (χ1) is 16.9. The van der Waals surface area contributed by atoms with Crippen LogP contribution in [0, 0.1) is 6.92 Å². The zero-order valence-electron chi connectivity index (χ0n) is 19.9. The molecule has 0 saturated carbocycles. The van der Waals surface area contributed by atoms with Crippen LogP contribution < -0.4 is 20.3 Å². The van der Waals surface area contributed by atoms with Crippen molar-refractivity contribution in [2.75, 3.05) is 54.7 Å². The van der Waals surface area contributed by atoms with Crippen LogP contribution in [0.2, 0.25) is 0 Å². The number of aromatic nitrogens is 3. The Balaban J connectivity index is 1.53. The summed E-state index contributed by atoms with van der Waals surface area (Å²) in [5.74, 6) is 0.900. The van der Waals surface area contributed by atoms with Gasteiger partial charge in [0.1, 0.15) is 5.75 Å². The first-order valence-corrected chi connectivity index (χ1v) is 12.2. The number of methoxy groups -OCH3 is 1. The number of amides is 2. The number of morpholine rings is 1. The van der Waals surface area contributed by atoms with E-state index in [1.807, 2.05) is 29.7 Å². The van der Waals surface area contributed by atoms with Gasteiger partial charge in [-0.3, -0.25) is 14.2 Å². The molecule has 0 unspecified atom stereocenters. The van der Waals surface area contributed by atoms with E-state index < -0.39 is 0 Å². The third-order valence-corrected chi connectivity index (χ3v) is 6.23. The zero-order valence-corrected chi connectivity index (χ0v) is 20.7. The standard InChI is InChI=1S/C24H28N6O4S/c1-16-5-4-6-19(13-16)30-23(29-9-11-34-12-10-29)27-28-24(30)35-15-22(32)26-20-14-18(25-17(2)31)7-8-21(20)33-3/h4-8,13-14H,9-12,15H2,1-3H3,(H,25,31)(H,26,32). The van der Waals surface area contributed by atoms with Gasteiger partial charge in [-0.15, -0.1) is 10.2 Å². The van der Waals surface area contributed by atoms with Gasteiger partial charge in [0, 0.05) is 25.7 Å². The Hall–Kier alpha value is -3.57. The molecule has 1 aromatic heterocycles. The SMILES string of the molecule is COc1ccc(NC(C)=O)cc1NC(=O)CSc1nnc(N2CCOCC2)n1-c1cccc(C)c1. The molecular formula is C24H28N6O4S. The van der Waals surface area contributed by atoms with E-state index in [4.69, 9.17) is 9.47 Å². The van der Waals surface area contributed by atoms with E-state index in [0.29, 0.717) is 35.5 Å². The molecule has 2 heterocycles. The number of nitrogens with zero attached hydrogens (tertiary/aromatic N) is 4. The predicted molar refractivity (Wildman–Crippen MR) is 136 cm³/mol. The van der Waals surface area contributed by atoms with Gasteiger partial charge >= 0.3 is 0 Å². The highest BCUT2D eigenvalue weighted by atomic mass is 32.2. The lowest BCUT2D eigenvalue weighted by Crippen LogP contribution is -2.37. The minimum absolute atomic E-state index is 0.112. The summed E-state index contributed by atoms with van der Waals surface area (Å²) in [5.41, 5.74) is 3.09. The number of hydrogen-bond donors (Lipinski definition) is 2. The molecule has 1 fully saturated rings. The first kappa shape index (κ1) is 24.6. The summed E-state index contributed by atoms with van der Waals surface area (Å²) in [6.45, 7) is 6.16. The fourth-order valence-electron chi connectivity index (χ4n) is 3.72. The van der Waals surface area contributed by atoms with Crippen molar-refractivity contribution < 1.29 is 19.1 Å². The summed E-state index contributed by atoms with van der Waals surface area (Å²) in [6, 6.07) is 13.2. The van der Waals surface area contributed by atoms with Crippen LogP contribution in [0.4, 0.5) is 17.3 Å². The number of thioether (sulfide) groups is 1. The van der Waals surface area contributed by atoms with Crippen LogP contribution in [0.5, 0.6) is 5.75 Å². The van der Waals surface area contributed by atoms with Crippen molar-refractivity contribution >= 4 is 40.9 Å². The molecule has 1 saturated heterocycles. The molecule has 0 radical (unpaired) electrons. The van der Waals surface area contributed by atoms with Gasteiger partial charge in [-0.2, -0.15) is 0 Å². The highest BCUT2D eigenvalue weighted by Crippen LogP contribution is 2.30. The van der Waals surface area contributed by atoms with Crippen molar-refractivity contribution in [1.29, 1.82) is 0 Å². The van der Waals surface area contributed by atoms with Crippen LogP contribution in [0.25, 0.3) is 5.69 Å². The van der Waals surface area contributed by atoms with E-state index in [0.717, 1.165) is 30.3 Å². The molecule has 1 aliphatic heterocycles. The summed E-state index contributed by atoms with van der Waals surface area (Å²) in [6.07, 6.45) is 0. The summed E-state index contributed by atoms with van der Waals surface area (Å²) in [4.78, 5) is 26.4. The zero-order chi connectivity index (χ0) is 24.8. The Morgan fingerprint density at radius 3 is 2.63 bits per heavy atom. The van der Waals surface area contributed by atoms with E-state index >= 15 is 0 Å². The maximum atomic E-state index is 12.8. The number of hydrogen-bond acceptors (Lipinski definition) is 8. The second-order valence-corrected chi connectivity index (χ2v) is 8.93. The Morgan fingerprint density at radius 2 is 1.91 bits per heavy atom. The van der Waals surface area contributed by atoms with E-state index in [9.17, 15) is 9.59 Å². The number of nitrogens with one attached hydrogen (secondary N) is 2. The summed E-state index contributed by atoms with van der Waals surface area (Å²) in [5, 5.41) is 15.0. The fourth-order valence-corrected chi connectivity index (χ4v) is 4.47. The third kappa shape index (κ3) is 6.11. The van der Waals surface area contributed by atoms with Gasteiger partial charge in [0.05, 0.1) is 37.5 Å². The normalized spacial score (nSPS) is 13.4. The number of rotatable bonds is 8. The lowest BCUT2D eigenvalue weighted by atomic mass is 10.2. The number of benzene rings is 2. The molecule has 184 valence electrons. The van der Waals surface area contributed by atoms with Gasteiger partial charge in [0.2, 0.25) is 17.8 Å². The van der Waals surface area contributed by atoms with Crippen molar-refractivity contribution in [2.45, 2.75) is 19.0 Å². The van der Waals surface area contributed by atoms with Gasteiger partial charge in [-0.25, -0.2) is 0 Å².